The van der Waals surface area contributed by atoms with Gasteiger partial charge in [0.25, 0.3) is 0 Å². The quantitative estimate of drug-likeness (QED) is 0.256. The number of allylic oxidation sites excluding steroid dienone is 3. The van der Waals surface area contributed by atoms with E-state index in [2.05, 4.69) is 6.08 Å². The second kappa shape index (κ2) is 8.33. The lowest BCUT2D eigenvalue weighted by atomic mass is 10.1. The minimum absolute atomic E-state index is 0.211. The van der Waals surface area contributed by atoms with E-state index in [1.807, 2.05) is 20.8 Å². The standard InChI is InChI=1S/C20H22O5/c1-13(2)6-5-7-14(3)10-20(22)25-18-12-16-15(11-17(18)23-4)8-9-19(21)24-16/h6,8-12H,5,7H2,1-4H3/b14-10+. The van der Waals surface area contributed by atoms with E-state index in [1.54, 1.807) is 12.1 Å². The van der Waals surface area contributed by atoms with E-state index in [1.165, 1.54) is 30.9 Å². The van der Waals surface area contributed by atoms with Gasteiger partial charge < -0.3 is 13.9 Å². The number of benzene rings is 1. The highest BCUT2D eigenvalue weighted by molar-refractivity contribution is 5.87. The Labute approximate surface area is 146 Å². The van der Waals surface area contributed by atoms with Crippen LogP contribution in [0.25, 0.3) is 11.0 Å². The normalized spacial score (nSPS) is 11.3. The fourth-order valence-corrected chi connectivity index (χ4v) is 2.31. The Kier molecular flexibility index (Phi) is 6.17. The number of carbonyl (C=O) groups excluding carboxylic acids is 1. The molecule has 0 amide bonds. The molecule has 1 aromatic heterocycles. The molecule has 1 heterocycles. The average Bonchev–Trinajstić information content (AvgIpc) is 2.53. The van der Waals surface area contributed by atoms with E-state index in [4.69, 9.17) is 13.9 Å². The molecule has 0 unspecified atom stereocenters. The lowest BCUT2D eigenvalue weighted by molar-refractivity contribution is -0.129. The van der Waals surface area contributed by atoms with Crippen molar-refractivity contribution in [3.8, 4) is 11.5 Å². The maximum atomic E-state index is 12.1. The van der Waals surface area contributed by atoms with Crippen LogP contribution in [0.4, 0.5) is 0 Å². The molecule has 1 aromatic carbocycles. The smallest absolute Gasteiger partial charge is 0.336 e. The first kappa shape index (κ1) is 18.5. The summed E-state index contributed by atoms with van der Waals surface area (Å²) in [6.45, 7) is 5.96. The molecule has 0 bridgehead atoms. The van der Waals surface area contributed by atoms with Crippen LogP contribution in [0.5, 0.6) is 11.5 Å². The van der Waals surface area contributed by atoms with Gasteiger partial charge in [-0.1, -0.05) is 17.2 Å². The molecule has 25 heavy (non-hydrogen) atoms. The molecule has 0 aliphatic heterocycles. The summed E-state index contributed by atoms with van der Waals surface area (Å²) >= 11 is 0. The van der Waals surface area contributed by atoms with Crippen LogP contribution in [0.2, 0.25) is 0 Å². The Morgan fingerprint density at radius 2 is 1.92 bits per heavy atom. The SMILES string of the molecule is COc1cc2ccc(=O)oc2cc1OC(=O)/C=C(\C)CCC=C(C)C. The van der Waals surface area contributed by atoms with Crippen LogP contribution in [0.15, 0.2) is 56.8 Å². The highest BCUT2D eigenvalue weighted by Gasteiger charge is 2.12. The van der Waals surface area contributed by atoms with Gasteiger partial charge in [0.1, 0.15) is 5.58 Å². The third-order valence-electron chi connectivity index (χ3n) is 3.57. The Bertz CT molecular complexity index is 883. The van der Waals surface area contributed by atoms with Crippen LogP contribution < -0.4 is 15.1 Å². The molecular weight excluding hydrogens is 320 g/mol. The van der Waals surface area contributed by atoms with E-state index in [0.717, 1.165) is 18.4 Å². The summed E-state index contributed by atoms with van der Waals surface area (Å²) < 4.78 is 15.7. The summed E-state index contributed by atoms with van der Waals surface area (Å²) in [5.41, 5.74) is 2.04. The molecule has 132 valence electrons. The van der Waals surface area contributed by atoms with Gasteiger partial charge in [0.2, 0.25) is 0 Å². The molecule has 5 nitrogen and oxygen atoms in total. The second-order valence-electron chi connectivity index (χ2n) is 6.03. The Hall–Kier alpha value is -2.82. The van der Waals surface area contributed by atoms with Crippen molar-refractivity contribution in [3.63, 3.8) is 0 Å². The van der Waals surface area contributed by atoms with Crippen LogP contribution in [0, 0.1) is 0 Å². The zero-order valence-corrected chi connectivity index (χ0v) is 14.9. The highest BCUT2D eigenvalue weighted by Crippen LogP contribution is 2.32. The van der Waals surface area contributed by atoms with Gasteiger partial charge in [0, 0.05) is 23.6 Å². The molecule has 2 rings (SSSR count). The summed E-state index contributed by atoms with van der Waals surface area (Å²) in [6.07, 6.45) is 5.24. The summed E-state index contributed by atoms with van der Waals surface area (Å²) in [5.74, 6) is 0.110. The molecule has 0 radical (unpaired) electrons. The zero-order chi connectivity index (χ0) is 18.4. The molecule has 0 aliphatic carbocycles. The first-order valence-electron chi connectivity index (χ1n) is 8.03. The lowest BCUT2D eigenvalue weighted by Gasteiger charge is -2.09. The van der Waals surface area contributed by atoms with Crippen molar-refractivity contribution < 1.29 is 18.7 Å². The van der Waals surface area contributed by atoms with Gasteiger partial charge in [-0.05, 0) is 45.7 Å². The van der Waals surface area contributed by atoms with Gasteiger partial charge in [-0.25, -0.2) is 9.59 Å². The van der Waals surface area contributed by atoms with Crippen LogP contribution in [0.3, 0.4) is 0 Å². The number of esters is 1. The summed E-state index contributed by atoms with van der Waals surface area (Å²) in [5, 5.41) is 0.685. The number of methoxy groups -OCH3 is 1. The minimum atomic E-state index is -0.495. The fourth-order valence-electron chi connectivity index (χ4n) is 2.31. The van der Waals surface area contributed by atoms with Crippen molar-refractivity contribution in [2.24, 2.45) is 0 Å². The molecule has 5 heteroatoms. The molecule has 0 spiro atoms. The van der Waals surface area contributed by atoms with Gasteiger partial charge in [-0.3, -0.25) is 0 Å². The van der Waals surface area contributed by atoms with E-state index < -0.39 is 11.6 Å². The van der Waals surface area contributed by atoms with Crippen molar-refractivity contribution in [3.05, 3.63) is 58.0 Å². The Morgan fingerprint density at radius 3 is 2.60 bits per heavy atom. The third-order valence-corrected chi connectivity index (χ3v) is 3.57. The van der Waals surface area contributed by atoms with Gasteiger partial charge in [0.05, 0.1) is 7.11 Å². The summed E-state index contributed by atoms with van der Waals surface area (Å²) in [4.78, 5) is 23.5. The second-order valence-corrected chi connectivity index (χ2v) is 6.03. The monoisotopic (exact) mass is 342 g/mol. The third kappa shape index (κ3) is 5.35. The molecule has 0 fully saturated rings. The van der Waals surface area contributed by atoms with Crippen molar-refractivity contribution in [2.45, 2.75) is 33.6 Å². The van der Waals surface area contributed by atoms with Gasteiger partial charge in [-0.15, -0.1) is 0 Å². The largest absolute Gasteiger partial charge is 0.493 e. The van der Waals surface area contributed by atoms with Crippen LogP contribution in [0.1, 0.15) is 33.6 Å². The Morgan fingerprint density at radius 1 is 1.16 bits per heavy atom. The van der Waals surface area contributed by atoms with Gasteiger partial charge in [0.15, 0.2) is 11.5 Å². The fraction of sp³-hybridized carbons (Fsp3) is 0.300. The molecule has 0 N–H and O–H groups in total. The number of ether oxygens (including phenoxy) is 2. The molecule has 0 atom stereocenters. The maximum Gasteiger partial charge on any atom is 0.336 e. The topological polar surface area (TPSA) is 65.7 Å². The molecular formula is C20H22O5. The first-order chi connectivity index (χ1) is 11.9. The van der Waals surface area contributed by atoms with E-state index in [9.17, 15) is 9.59 Å². The first-order valence-corrected chi connectivity index (χ1v) is 8.03. The number of fused-ring (bicyclic) bond motifs is 1. The number of hydrogen-bond acceptors (Lipinski definition) is 5. The van der Waals surface area contributed by atoms with Crippen LogP contribution in [-0.2, 0) is 4.79 Å². The van der Waals surface area contributed by atoms with E-state index in [-0.39, 0.29) is 5.75 Å². The van der Waals surface area contributed by atoms with Gasteiger partial charge >= 0.3 is 11.6 Å². The van der Waals surface area contributed by atoms with Crippen LogP contribution >= 0.6 is 0 Å². The summed E-state index contributed by atoms with van der Waals surface area (Å²) in [6, 6.07) is 6.10. The predicted molar refractivity (Wildman–Crippen MR) is 97.1 cm³/mol. The molecule has 0 aliphatic rings. The molecule has 2 aromatic rings. The van der Waals surface area contributed by atoms with Crippen molar-refractivity contribution >= 4 is 16.9 Å². The Balaban J connectivity index is 2.19. The van der Waals surface area contributed by atoms with Gasteiger partial charge in [-0.2, -0.15) is 0 Å². The number of rotatable bonds is 6. The number of carbonyl (C=O) groups is 1. The lowest BCUT2D eigenvalue weighted by Crippen LogP contribution is -2.06. The molecule has 0 saturated carbocycles. The minimum Gasteiger partial charge on any atom is -0.493 e. The number of hydrogen-bond donors (Lipinski definition) is 0. The van der Waals surface area contributed by atoms with E-state index in [0.29, 0.717) is 16.7 Å². The van der Waals surface area contributed by atoms with Crippen LogP contribution in [-0.4, -0.2) is 13.1 Å². The van der Waals surface area contributed by atoms with Crippen molar-refractivity contribution in [1.29, 1.82) is 0 Å². The molecule has 0 saturated heterocycles. The zero-order valence-electron chi connectivity index (χ0n) is 14.9. The van der Waals surface area contributed by atoms with E-state index >= 15 is 0 Å². The summed E-state index contributed by atoms with van der Waals surface area (Å²) in [7, 11) is 1.48. The maximum absolute atomic E-state index is 12.1. The van der Waals surface area contributed by atoms with Crippen molar-refractivity contribution in [1.82, 2.24) is 0 Å². The average molecular weight is 342 g/mol. The highest BCUT2D eigenvalue weighted by atomic mass is 16.6. The van der Waals surface area contributed by atoms with Crippen molar-refractivity contribution in [2.75, 3.05) is 7.11 Å². The predicted octanol–water partition coefficient (Wildman–Crippen LogP) is 4.40.